The first-order valence-electron chi connectivity index (χ1n) is 6.48. The molecule has 0 aromatic heterocycles. The van der Waals surface area contributed by atoms with Gasteiger partial charge in [-0.3, -0.25) is 0 Å². The molecule has 106 valence electrons. The minimum atomic E-state index is 0.0609. The first kappa shape index (κ1) is 14.4. The molecule has 2 aromatic carbocycles. The Balaban J connectivity index is 1.91. The molecule has 4 heteroatoms. The van der Waals surface area contributed by atoms with Crippen LogP contribution in [0.4, 0.5) is 0 Å². The Bertz CT molecular complexity index is 552. The third kappa shape index (κ3) is 3.73. The number of hydrogen-bond donors (Lipinski definition) is 3. The normalized spacial score (nSPS) is 10.5. The molecular weight excluding hydrogens is 254 g/mol. The molecule has 0 amide bonds. The van der Waals surface area contributed by atoms with E-state index in [2.05, 4.69) is 5.32 Å². The van der Waals surface area contributed by atoms with E-state index in [9.17, 15) is 5.11 Å². The Kier molecular flexibility index (Phi) is 4.98. The van der Waals surface area contributed by atoms with Gasteiger partial charge in [0.25, 0.3) is 0 Å². The number of aliphatic hydroxyl groups excluding tert-OH is 1. The van der Waals surface area contributed by atoms with Crippen molar-refractivity contribution in [1.29, 1.82) is 0 Å². The standard InChI is InChI=1S/C16H19NO3/c1-20-15-6-7-16(19)14(8-15)10-17-9-12-2-4-13(11-18)5-3-12/h2-8,17-19H,9-11H2,1H3. The van der Waals surface area contributed by atoms with Crippen molar-refractivity contribution in [3.63, 3.8) is 0 Å². The van der Waals surface area contributed by atoms with Crippen molar-refractivity contribution in [3.05, 3.63) is 59.2 Å². The van der Waals surface area contributed by atoms with E-state index in [0.29, 0.717) is 13.1 Å². The van der Waals surface area contributed by atoms with Gasteiger partial charge < -0.3 is 20.3 Å². The number of nitrogens with one attached hydrogen (secondary N) is 1. The van der Waals surface area contributed by atoms with Gasteiger partial charge in [-0.25, -0.2) is 0 Å². The van der Waals surface area contributed by atoms with Crippen molar-refractivity contribution in [2.45, 2.75) is 19.7 Å². The second-order valence-electron chi connectivity index (χ2n) is 4.57. The molecule has 20 heavy (non-hydrogen) atoms. The number of phenolic OH excluding ortho intramolecular Hbond substituents is 1. The van der Waals surface area contributed by atoms with Gasteiger partial charge in [0, 0.05) is 18.7 Å². The molecule has 0 aliphatic heterocycles. The van der Waals surface area contributed by atoms with Gasteiger partial charge in [-0.2, -0.15) is 0 Å². The van der Waals surface area contributed by atoms with Crippen LogP contribution in [0.25, 0.3) is 0 Å². The molecule has 0 spiro atoms. The maximum atomic E-state index is 9.77. The van der Waals surface area contributed by atoms with Crippen LogP contribution < -0.4 is 10.1 Å². The van der Waals surface area contributed by atoms with Gasteiger partial charge in [0.15, 0.2) is 0 Å². The summed E-state index contributed by atoms with van der Waals surface area (Å²) in [5.74, 6) is 0.987. The Morgan fingerprint density at radius 3 is 2.35 bits per heavy atom. The summed E-state index contributed by atoms with van der Waals surface area (Å²) in [5.41, 5.74) is 2.83. The van der Waals surface area contributed by atoms with Crippen LogP contribution in [0.2, 0.25) is 0 Å². The number of rotatable bonds is 6. The predicted molar refractivity (Wildman–Crippen MR) is 77.6 cm³/mol. The average molecular weight is 273 g/mol. The molecule has 2 rings (SSSR count). The van der Waals surface area contributed by atoms with Gasteiger partial charge in [-0.1, -0.05) is 24.3 Å². The van der Waals surface area contributed by atoms with E-state index in [-0.39, 0.29) is 12.4 Å². The summed E-state index contributed by atoms with van der Waals surface area (Å²) < 4.78 is 5.14. The van der Waals surface area contributed by atoms with E-state index >= 15 is 0 Å². The molecule has 0 aliphatic rings. The fourth-order valence-electron chi connectivity index (χ4n) is 1.93. The minimum absolute atomic E-state index is 0.0609. The molecule has 4 nitrogen and oxygen atoms in total. The number of benzene rings is 2. The number of phenols is 1. The zero-order chi connectivity index (χ0) is 14.4. The van der Waals surface area contributed by atoms with Gasteiger partial charge in [-0.15, -0.1) is 0 Å². The Morgan fingerprint density at radius 2 is 1.70 bits per heavy atom. The third-order valence-corrected chi connectivity index (χ3v) is 3.14. The van der Waals surface area contributed by atoms with E-state index in [1.54, 1.807) is 19.2 Å². The van der Waals surface area contributed by atoms with Crippen molar-refractivity contribution in [2.75, 3.05) is 7.11 Å². The lowest BCUT2D eigenvalue weighted by Crippen LogP contribution is -2.12. The zero-order valence-corrected chi connectivity index (χ0v) is 11.5. The van der Waals surface area contributed by atoms with Crippen LogP contribution >= 0.6 is 0 Å². The number of aliphatic hydroxyl groups is 1. The second kappa shape index (κ2) is 6.93. The molecule has 0 saturated heterocycles. The van der Waals surface area contributed by atoms with E-state index in [4.69, 9.17) is 9.84 Å². The summed E-state index contributed by atoms with van der Waals surface area (Å²) >= 11 is 0. The lowest BCUT2D eigenvalue weighted by Gasteiger charge is -2.09. The molecule has 0 atom stereocenters. The van der Waals surface area contributed by atoms with Crippen LogP contribution in [0.1, 0.15) is 16.7 Å². The van der Waals surface area contributed by atoms with Crippen LogP contribution in [0.5, 0.6) is 11.5 Å². The van der Waals surface area contributed by atoms with E-state index in [1.165, 1.54) is 0 Å². The fraction of sp³-hybridized carbons (Fsp3) is 0.250. The van der Waals surface area contributed by atoms with E-state index in [0.717, 1.165) is 22.4 Å². The first-order valence-corrected chi connectivity index (χ1v) is 6.48. The number of methoxy groups -OCH3 is 1. The van der Waals surface area contributed by atoms with Crippen molar-refractivity contribution >= 4 is 0 Å². The summed E-state index contributed by atoms with van der Waals surface area (Å²) in [6, 6.07) is 12.9. The first-order chi connectivity index (χ1) is 9.72. The van der Waals surface area contributed by atoms with Crippen LogP contribution in [0.15, 0.2) is 42.5 Å². The van der Waals surface area contributed by atoms with Gasteiger partial charge in [0.1, 0.15) is 11.5 Å². The Morgan fingerprint density at radius 1 is 1.00 bits per heavy atom. The largest absolute Gasteiger partial charge is 0.508 e. The molecule has 0 unspecified atom stereocenters. The highest BCUT2D eigenvalue weighted by Crippen LogP contribution is 2.22. The SMILES string of the molecule is COc1ccc(O)c(CNCc2ccc(CO)cc2)c1. The van der Waals surface area contributed by atoms with Gasteiger partial charge in [0.05, 0.1) is 13.7 Å². The molecular formula is C16H19NO3. The molecule has 0 aliphatic carbocycles. The van der Waals surface area contributed by atoms with Crippen molar-refractivity contribution in [3.8, 4) is 11.5 Å². The van der Waals surface area contributed by atoms with E-state index < -0.39 is 0 Å². The van der Waals surface area contributed by atoms with Crippen molar-refractivity contribution in [1.82, 2.24) is 5.32 Å². The maximum Gasteiger partial charge on any atom is 0.120 e. The van der Waals surface area contributed by atoms with Gasteiger partial charge >= 0.3 is 0 Å². The summed E-state index contributed by atoms with van der Waals surface area (Å²) in [6.45, 7) is 1.32. The molecule has 2 aromatic rings. The van der Waals surface area contributed by atoms with Crippen molar-refractivity contribution in [2.24, 2.45) is 0 Å². The van der Waals surface area contributed by atoms with Gasteiger partial charge in [0.2, 0.25) is 0 Å². The molecule has 0 heterocycles. The zero-order valence-electron chi connectivity index (χ0n) is 11.5. The highest BCUT2D eigenvalue weighted by atomic mass is 16.5. The number of hydrogen-bond acceptors (Lipinski definition) is 4. The van der Waals surface area contributed by atoms with Crippen LogP contribution in [-0.4, -0.2) is 17.3 Å². The lowest BCUT2D eigenvalue weighted by molar-refractivity contribution is 0.282. The summed E-state index contributed by atoms with van der Waals surface area (Å²) in [7, 11) is 1.60. The summed E-state index contributed by atoms with van der Waals surface area (Å²) in [5, 5.41) is 22.0. The van der Waals surface area contributed by atoms with Gasteiger partial charge in [-0.05, 0) is 29.3 Å². The minimum Gasteiger partial charge on any atom is -0.508 e. The monoisotopic (exact) mass is 273 g/mol. The third-order valence-electron chi connectivity index (χ3n) is 3.14. The molecule has 3 N–H and O–H groups in total. The van der Waals surface area contributed by atoms with Crippen molar-refractivity contribution < 1.29 is 14.9 Å². The second-order valence-corrected chi connectivity index (χ2v) is 4.57. The number of ether oxygens (including phenoxy) is 1. The smallest absolute Gasteiger partial charge is 0.120 e. The maximum absolute atomic E-state index is 9.77. The number of aromatic hydroxyl groups is 1. The van der Waals surface area contributed by atoms with Crippen LogP contribution in [0.3, 0.4) is 0 Å². The van der Waals surface area contributed by atoms with Crippen LogP contribution in [-0.2, 0) is 19.7 Å². The molecule has 0 radical (unpaired) electrons. The Hall–Kier alpha value is -2.04. The molecule has 0 bridgehead atoms. The quantitative estimate of drug-likeness (QED) is 0.755. The Labute approximate surface area is 118 Å². The highest BCUT2D eigenvalue weighted by molar-refractivity contribution is 5.39. The molecule has 0 fully saturated rings. The van der Waals surface area contributed by atoms with Crippen LogP contribution in [0, 0.1) is 0 Å². The summed E-state index contributed by atoms with van der Waals surface area (Å²) in [6.07, 6.45) is 0. The fourth-order valence-corrected chi connectivity index (χ4v) is 1.93. The highest BCUT2D eigenvalue weighted by Gasteiger charge is 2.03. The topological polar surface area (TPSA) is 61.7 Å². The predicted octanol–water partition coefficient (Wildman–Crippen LogP) is 2.18. The molecule has 0 saturated carbocycles. The van der Waals surface area contributed by atoms with E-state index in [1.807, 2.05) is 30.3 Å². The lowest BCUT2D eigenvalue weighted by atomic mass is 10.1. The average Bonchev–Trinajstić information content (AvgIpc) is 2.50. The summed E-state index contributed by atoms with van der Waals surface area (Å²) in [4.78, 5) is 0.